The lowest BCUT2D eigenvalue weighted by Gasteiger charge is -2.17. The summed E-state index contributed by atoms with van der Waals surface area (Å²) in [7, 11) is 0. The van der Waals surface area contributed by atoms with E-state index in [0.29, 0.717) is 19.3 Å². The van der Waals surface area contributed by atoms with Crippen LogP contribution in [0.25, 0.3) is 0 Å². The van der Waals surface area contributed by atoms with E-state index in [-0.39, 0.29) is 17.5 Å². The summed E-state index contributed by atoms with van der Waals surface area (Å²) in [5, 5.41) is 9.93. The van der Waals surface area contributed by atoms with Gasteiger partial charge in [0.1, 0.15) is 11.9 Å². The molecule has 1 saturated carbocycles. The molecule has 1 aromatic rings. The van der Waals surface area contributed by atoms with E-state index >= 15 is 0 Å². The molecule has 1 aliphatic rings. The summed E-state index contributed by atoms with van der Waals surface area (Å²) in [6.45, 7) is 0. The van der Waals surface area contributed by atoms with Gasteiger partial charge in [0.25, 0.3) is 0 Å². The molecule has 1 aromatic carbocycles. The van der Waals surface area contributed by atoms with Crippen molar-refractivity contribution in [1.29, 1.82) is 0 Å². The number of benzene rings is 1. The average molecular weight is 314 g/mol. The van der Waals surface area contributed by atoms with Gasteiger partial charge in [0.05, 0.1) is 0 Å². The Bertz CT molecular complexity index is 533. The van der Waals surface area contributed by atoms with Crippen molar-refractivity contribution in [3.63, 3.8) is 0 Å². The van der Waals surface area contributed by atoms with Crippen molar-refractivity contribution in [2.24, 2.45) is 5.92 Å². The zero-order chi connectivity index (χ0) is 16.5. The molecule has 0 radical (unpaired) electrons. The molecule has 0 bridgehead atoms. The molecule has 0 amide bonds. The molecule has 0 spiro atoms. The number of aliphatic hydroxyl groups excluding tert-OH is 1. The van der Waals surface area contributed by atoms with Crippen LogP contribution in [0, 0.1) is 5.92 Å². The first-order valence-electron chi connectivity index (χ1n) is 8.61. The lowest BCUT2D eigenvalue weighted by atomic mass is 9.88. The van der Waals surface area contributed by atoms with Gasteiger partial charge < -0.3 is 5.11 Å². The van der Waals surface area contributed by atoms with Crippen LogP contribution in [-0.2, 0) is 16.0 Å². The van der Waals surface area contributed by atoms with Crippen LogP contribution in [0.3, 0.4) is 0 Å². The Hall–Kier alpha value is -1.74. The summed E-state index contributed by atoms with van der Waals surface area (Å²) in [6.07, 6.45) is 8.72. The standard InChI is InChI=1S/C20H26O3/c21-18-11-6-10-17(15-18)13-14-20(23)19(22)12-5-4-9-16-7-2-1-3-8-16/h1-3,7-8,13-14,17,19,22H,4-6,9-12,15H2/b14-13+/t17-,19-/m0/s1. The van der Waals surface area contributed by atoms with Crippen molar-refractivity contribution in [3.8, 4) is 0 Å². The third-order valence-electron chi connectivity index (χ3n) is 4.42. The van der Waals surface area contributed by atoms with Crippen molar-refractivity contribution in [2.45, 2.75) is 57.5 Å². The molecule has 0 unspecified atom stereocenters. The fourth-order valence-electron chi connectivity index (χ4n) is 3.02. The van der Waals surface area contributed by atoms with Crippen LogP contribution in [-0.4, -0.2) is 22.8 Å². The second kappa shape index (κ2) is 9.41. The molecule has 3 nitrogen and oxygen atoms in total. The Morgan fingerprint density at radius 1 is 1.26 bits per heavy atom. The first-order chi connectivity index (χ1) is 11.1. The molecular formula is C20H26O3. The highest BCUT2D eigenvalue weighted by molar-refractivity contribution is 5.93. The summed E-state index contributed by atoms with van der Waals surface area (Å²) in [6, 6.07) is 10.2. The Morgan fingerprint density at radius 3 is 2.78 bits per heavy atom. The van der Waals surface area contributed by atoms with E-state index in [4.69, 9.17) is 0 Å². The van der Waals surface area contributed by atoms with Crippen molar-refractivity contribution >= 4 is 11.6 Å². The predicted octanol–water partition coefficient (Wildman–Crippen LogP) is 3.64. The first kappa shape index (κ1) is 17.6. The van der Waals surface area contributed by atoms with Crippen LogP contribution >= 0.6 is 0 Å². The largest absolute Gasteiger partial charge is 0.385 e. The highest BCUT2D eigenvalue weighted by Crippen LogP contribution is 2.22. The molecule has 1 N–H and O–H groups in total. The molecule has 0 heterocycles. The summed E-state index contributed by atoms with van der Waals surface area (Å²) < 4.78 is 0. The molecule has 2 atom stereocenters. The number of unbranched alkanes of at least 4 members (excludes halogenated alkanes) is 1. The highest BCUT2D eigenvalue weighted by Gasteiger charge is 2.18. The van der Waals surface area contributed by atoms with Gasteiger partial charge in [0, 0.05) is 12.8 Å². The predicted molar refractivity (Wildman–Crippen MR) is 91.1 cm³/mol. The van der Waals surface area contributed by atoms with Crippen LogP contribution in [0.1, 0.15) is 50.5 Å². The van der Waals surface area contributed by atoms with Gasteiger partial charge >= 0.3 is 0 Å². The SMILES string of the molecule is O=C1CCC[C@@H](/C=C/C(=O)[C@@H](O)CCCCc2ccccc2)C1. The minimum Gasteiger partial charge on any atom is -0.385 e. The van der Waals surface area contributed by atoms with Gasteiger partial charge in [-0.05, 0) is 49.7 Å². The summed E-state index contributed by atoms with van der Waals surface area (Å²) in [5.74, 6) is 0.216. The van der Waals surface area contributed by atoms with Gasteiger partial charge in [-0.2, -0.15) is 0 Å². The zero-order valence-corrected chi connectivity index (χ0v) is 13.6. The Kier molecular flexibility index (Phi) is 7.21. The molecule has 0 saturated heterocycles. The molecule has 0 aliphatic heterocycles. The number of carbonyl (C=O) groups is 2. The van der Waals surface area contributed by atoms with E-state index in [2.05, 4.69) is 12.1 Å². The van der Waals surface area contributed by atoms with Crippen molar-refractivity contribution in [3.05, 3.63) is 48.0 Å². The van der Waals surface area contributed by atoms with Crippen molar-refractivity contribution in [1.82, 2.24) is 0 Å². The normalized spacial score (nSPS) is 19.9. The fourth-order valence-corrected chi connectivity index (χ4v) is 3.02. The van der Waals surface area contributed by atoms with E-state index in [1.54, 1.807) is 0 Å². The number of aryl methyl sites for hydroxylation is 1. The van der Waals surface area contributed by atoms with Crippen molar-refractivity contribution < 1.29 is 14.7 Å². The average Bonchev–Trinajstić information content (AvgIpc) is 2.57. The zero-order valence-electron chi connectivity index (χ0n) is 13.6. The maximum atomic E-state index is 11.9. The Labute approximate surface area is 138 Å². The maximum Gasteiger partial charge on any atom is 0.183 e. The number of aliphatic hydroxyl groups is 1. The number of hydrogen-bond acceptors (Lipinski definition) is 3. The molecule has 3 heteroatoms. The quantitative estimate of drug-likeness (QED) is 0.588. The van der Waals surface area contributed by atoms with Gasteiger partial charge in [-0.1, -0.05) is 42.8 Å². The third-order valence-corrected chi connectivity index (χ3v) is 4.42. The van der Waals surface area contributed by atoms with Crippen LogP contribution in [0.4, 0.5) is 0 Å². The van der Waals surface area contributed by atoms with E-state index < -0.39 is 6.10 Å². The number of allylic oxidation sites excluding steroid dienone is 1. The highest BCUT2D eigenvalue weighted by atomic mass is 16.3. The number of Topliss-reactive ketones (excluding diaryl/α,β-unsaturated/α-hetero) is 1. The smallest absolute Gasteiger partial charge is 0.183 e. The molecule has 1 aliphatic carbocycles. The van der Waals surface area contributed by atoms with Gasteiger partial charge in [0.15, 0.2) is 5.78 Å². The van der Waals surface area contributed by atoms with Crippen LogP contribution < -0.4 is 0 Å². The van der Waals surface area contributed by atoms with Gasteiger partial charge in [-0.25, -0.2) is 0 Å². The van der Waals surface area contributed by atoms with Crippen LogP contribution in [0.5, 0.6) is 0 Å². The lowest BCUT2D eigenvalue weighted by molar-refractivity contribution is -0.123. The van der Waals surface area contributed by atoms with Gasteiger partial charge in [-0.3, -0.25) is 9.59 Å². The number of ketones is 2. The molecule has 2 rings (SSSR count). The molecule has 23 heavy (non-hydrogen) atoms. The van der Waals surface area contributed by atoms with Gasteiger partial charge in [0.2, 0.25) is 0 Å². The van der Waals surface area contributed by atoms with E-state index in [9.17, 15) is 14.7 Å². The van der Waals surface area contributed by atoms with Crippen molar-refractivity contribution in [2.75, 3.05) is 0 Å². The minimum absolute atomic E-state index is 0.172. The second-order valence-electron chi connectivity index (χ2n) is 6.40. The second-order valence-corrected chi connectivity index (χ2v) is 6.40. The van der Waals surface area contributed by atoms with Gasteiger partial charge in [-0.15, -0.1) is 0 Å². The summed E-state index contributed by atoms with van der Waals surface area (Å²) in [4.78, 5) is 23.3. The lowest BCUT2D eigenvalue weighted by Crippen LogP contribution is -2.19. The van der Waals surface area contributed by atoms with E-state index in [1.807, 2.05) is 24.3 Å². The topological polar surface area (TPSA) is 54.4 Å². The Morgan fingerprint density at radius 2 is 2.04 bits per heavy atom. The monoisotopic (exact) mass is 314 g/mol. The molecule has 124 valence electrons. The van der Waals surface area contributed by atoms with Crippen LogP contribution in [0.2, 0.25) is 0 Å². The number of carbonyl (C=O) groups excluding carboxylic acids is 2. The third kappa shape index (κ3) is 6.49. The summed E-state index contributed by atoms with van der Waals surface area (Å²) in [5.41, 5.74) is 1.29. The number of hydrogen-bond donors (Lipinski definition) is 1. The first-order valence-corrected chi connectivity index (χ1v) is 8.61. The molecule has 0 aromatic heterocycles. The van der Waals surface area contributed by atoms with Crippen LogP contribution in [0.15, 0.2) is 42.5 Å². The maximum absolute atomic E-state index is 11.9. The minimum atomic E-state index is -0.915. The number of rotatable bonds is 8. The summed E-state index contributed by atoms with van der Waals surface area (Å²) >= 11 is 0. The molecule has 1 fully saturated rings. The molecular weight excluding hydrogens is 288 g/mol. The Balaban J connectivity index is 1.65. The van der Waals surface area contributed by atoms with E-state index in [0.717, 1.165) is 32.1 Å². The van der Waals surface area contributed by atoms with E-state index in [1.165, 1.54) is 11.6 Å². The fraction of sp³-hybridized carbons (Fsp3) is 0.500.